The number of carbonyl (C=O) groups excluding carboxylic acids is 1. The van der Waals surface area contributed by atoms with Crippen molar-refractivity contribution < 1.29 is 26.7 Å². The molecule has 1 amide bonds. The van der Waals surface area contributed by atoms with Crippen LogP contribution in [0.2, 0.25) is 0 Å². The first-order chi connectivity index (χ1) is 16.1. The molecule has 1 aromatic carbocycles. The summed E-state index contributed by atoms with van der Waals surface area (Å²) in [4.78, 5) is 13.8. The van der Waals surface area contributed by atoms with Crippen LogP contribution < -0.4 is 0 Å². The van der Waals surface area contributed by atoms with E-state index in [1.165, 1.54) is 12.1 Å². The molecule has 0 unspecified atom stereocenters. The van der Waals surface area contributed by atoms with Crippen LogP contribution in [0.25, 0.3) is 0 Å². The fraction of sp³-hybridized carbons (Fsp3) is 0.462. The number of halogens is 5. The highest BCUT2D eigenvalue weighted by Gasteiger charge is 2.37. The minimum atomic E-state index is -4.51. The van der Waals surface area contributed by atoms with Crippen molar-refractivity contribution in [2.45, 2.75) is 59.7 Å². The molecule has 194 valence electrons. The quantitative estimate of drug-likeness (QED) is 0.260. The molecule has 9 heteroatoms. The highest BCUT2D eigenvalue weighted by molar-refractivity contribution is 5.93. The number of alkyl halides is 5. The number of terminal acetylenes is 1. The first-order valence-corrected chi connectivity index (χ1v) is 10.8. The Morgan fingerprint density at radius 2 is 1.57 bits per heavy atom. The molecule has 1 aliphatic heterocycles. The monoisotopic (exact) mass is 499 g/mol. The van der Waals surface area contributed by atoms with Crippen LogP contribution in [0.4, 0.5) is 22.0 Å². The van der Waals surface area contributed by atoms with Gasteiger partial charge in [-0.1, -0.05) is 50.6 Å². The molecule has 1 aliphatic rings. The summed E-state index contributed by atoms with van der Waals surface area (Å²) in [5, 5.41) is 3.46. The van der Waals surface area contributed by atoms with E-state index in [0.29, 0.717) is 19.6 Å². The van der Waals surface area contributed by atoms with Gasteiger partial charge in [0.2, 0.25) is 0 Å². The van der Waals surface area contributed by atoms with E-state index in [1.54, 1.807) is 24.0 Å². The van der Waals surface area contributed by atoms with Gasteiger partial charge in [0.1, 0.15) is 5.69 Å². The van der Waals surface area contributed by atoms with Gasteiger partial charge in [-0.15, -0.1) is 26.0 Å². The second kappa shape index (κ2) is 13.1. The average Bonchev–Trinajstić information content (AvgIpc) is 3.21. The van der Waals surface area contributed by atoms with E-state index < -0.39 is 17.8 Å². The number of aryl methyl sites for hydroxylation is 1. The van der Waals surface area contributed by atoms with Crippen molar-refractivity contribution in [3.63, 3.8) is 0 Å². The third-order valence-corrected chi connectivity index (χ3v) is 4.82. The maximum Gasteiger partial charge on any atom is 0.435 e. The van der Waals surface area contributed by atoms with E-state index in [0.717, 1.165) is 29.7 Å². The highest BCUT2D eigenvalue weighted by Crippen LogP contribution is 2.30. The third kappa shape index (κ3) is 10.3. The van der Waals surface area contributed by atoms with E-state index in [-0.39, 0.29) is 22.6 Å². The summed E-state index contributed by atoms with van der Waals surface area (Å²) >= 11 is 0. The number of amides is 1. The Morgan fingerprint density at radius 3 is 2.00 bits per heavy atom. The van der Waals surface area contributed by atoms with Crippen molar-refractivity contribution in [2.75, 3.05) is 13.1 Å². The van der Waals surface area contributed by atoms with Gasteiger partial charge in [-0.05, 0) is 18.8 Å². The van der Waals surface area contributed by atoms with Crippen LogP contribution in [-0.4, -0.2) is 33.7 Å². The van der Waals surface area contributed by atoms with E-state index in [1.807, 2.05) is 0 Å². The first kappa shape index (κ1) is 31.9. The lowest BCUT2D eigenvalue weighted by atomic mass is 9.92. The summed E-state index contributed by atoms with van der Waals surface area (Å²) < 4.78 is 64.2. The van der Waals surface area contributed by atoms with Crippen molar-refractivity contribution in [1.82, 2.24) is 14.7 Å². The highest BCUT2D eigenvalue weighted by atomic mass is 19.4. The van der Waals surface area contributed by atoms with Gasteiger partial charge in [0.25, 0.3) is 11.8 Å². The number of nitrogens with zero attached hydrogens (tertiary/aromatic N) is 3. The minimum absolute atomic E-state index is 0.0254. The molecule has 35 heavy (non-hydrogen) atoms. The molecule has 0 bridgehead atoms. The average molecular weight is 500 g/mol. The minimum Gasteiger partial charge on any atom is -0.335 e. The molecule has 0 radical (unpaired) electrons. The zero-order valence-electron chi connectivity index (χ0n) is 20.9. The van der Waals surface area contributed by atoms with Gasteiger partial charge >= 0.3 is 6.18 Å². The predicted molar refractivity (Wildman–Crippen MR) is 129 cm³/mol. The Bertz CT molecular complexity index is 966. The van der Waals surface area contributed by atoms with Crippen LogP contribution in [0, 0.1) is 25.2 Å². The molecule has 3 rings (SSSR count). The summed E-state index contributed by atoms with van der Waals surface area (Å²) in [6, 6.07) is 7.22. The molecular weight excluding hydrogens is 465 g/mol. The Labute approximate surface area is 204 Å². The van der Waals surface area contributed by atoms with Gasteiger partial charge in [-0.25, -0.2) is 8.78 Å². The Morgan fingerprint density at radius 1 is 1.00 bits per heavy atom. The topological polar surface area (TPSA) is 38.1 Å². The maximum absolute atomic E-state index is 12.6. The molecular formula is C26H34F5N3O. The van der Waals surface area contributed by atoms with Gasteiger partial charge in [0.05, 0.1) is 6.54 Å². The lowest BCUT2D eigenvalue weighted by molar-refractivity contribution is -0.141. The number of aromatic nitrogens is 2. The summed E-state index contributed by atoms with van der Waals surface area (Å²) in [6.45, 7) is 16.2. The normalized spacial score (nSPS) is 13.3. The van der Waals surface area contributed by atoms with Crippen molar-refractivity contribution in [1.29, 1.82) is 0 Å². The standard InChI is InChI=1S/C13H18F3N3O.C9H10F2.C2H4.C2H2/c1-12(2,3)4-5-18-6-7-19-9(11(18)20)8-10(17-19)13(14,15)16;1-7-4-3-5-8(6-7)9(2,10)11;2*1-2/h8H,4-7H2,1-3H3;3-6H,1-2H3;1-2H2;1-2H. The number of carbonyl (C=O) groups is 1. The Kier molecular flexibility index (Phi) is 11.9. The SMILES string of the molecule is C#C.C=C.CC(C)(C)CCN1CCn2nc(C(F)(F)F)cc2C1=O.Cc1cccc(C(C)(F)F)c1. The molecule has 0 aliphatic carbocycles. The molecule has 2 heterocycles. The zero-order valence-corrected chi connectivity index (χ0v) is 20.9. The molecule has 0 saturated carbocycles. The molecule has 0 atom stereocenters. The van der Waals surface area contributed by atoms with Crippen LogP contribution in [0.3, 0.4) is 0 Å². The summed E-state index contributed by atoms with van der Waals surface area (Å²) in [6.07, 6.45) is 4.29. The van der Waals surface area contributed by atoms with Crippen LogP contribution in [0.1, 0.15) is 61.4 Å². The van der Waals surface area contributed by atoms with Crippen LogP contribution in [0.15, 0.2) is 43.5 Å². The number of fused-ring (bicyclic) bond motifs is 1. The molecule has 0 saturated heterocycles. The molecule has 4 nitrogen and oxygen atoms in total. The zero-order chi connectivity index (χ0) is 27.6. The lowest BCUT2D eigenvalue weighted by Crippen LogP contribution is -2.41. The largest absolute Gasteiger partial charge is 0.435 e. The summed E-state index contributed by atoms with van der Waals surface area (Å²) in [5.41, 5.74) is 0.0484. The van der Waals surface area contributed by atoms with Crippen molar-refractivity contribution in [3.8, 4) is 12.8 Å². The van der Waals surface area contributed by atoms with Crippen molar-refractivity contribution in [3.05, 3.63) is 66.0 Å². The molecule has 0 N–H and O–H groups in total. The van der Waals surface area contributed by atoms with Crippen LogP contribution in [0.5, 0.6) is 0 Å². The fourth-order valence-electron chi connectivity index (χ4n) is 2.98. The van der Waals surface area contributed by atoms with Crippen molar-refractivity contribution >= 4 is 5.91 Å². The molecule has 0 spiro atoms. The molecule has 2 aromatic rings. The van der Waals surface area contributed by atoms with Gasteiger partial charge in [-0.2, -0.15) is 18.3 Å². The third-order valence-electron chi connectivity index (χ3n) is 4.82. The molecule has 1 aromatic heterocycles. The first-order valence-electron chi connectivity index (χ1n) is 10.8. The van der Waals surface area contributed by atoms with E-state index in [2.05, 4.69) is 51.9 Å². The second-order valence-electron chi connectivity index (χ2n) is 9.00. The smallest absolute Gasteiger partial charge is 0.335 e. The van der Waals surface area contributed by atoms with E-state index in [9.17, 15) is 26.7 Å². The number of rotatable bonds is 3. The van der Waals surface area contributed by atoms with Gasteiger partial charge < -0.3 is 4.90 Å². The van der Waals surface area contributed by atoms with Gasteiger partial charge in [-0.3, -0.25) is 9.48 Å². The molecule has 0 fully saturated rings. The second-order valence-corrected chi connectivity index (χ2v) is 9.00. The fourth-order valence-corrected chi connectivity index (χ4v) is 2.98. The summed E-state index contributed by atoms with van der Waals surface area (Å²) in [5.74, 6) is -3.09. The number of benzene rings is 1. The van der Waals surface area contributed by atoms with Gasteiger partial charge in [0.15, 0.2) is 5.69 Å². The number of hydrogen-bond donors (Lipinski definition) is 0. The van der Waals surface area contributed by atoms with Gasteiger partial charge in [0, 0.05) is 31.6 Å². The Hall–Kier alpha value is -3.15. The predicted octanol–water partition coefficient (Wildman–Crippen LogP) is 6.95. The Balaban J connectivity index is 0.000000652. The van der Waals surface area contributed by atoms with Crippen LogP contribution in [-0.2, 0) is 18.6 Å². The van der Waals surface area contributed by atoms with E-state index >= 15 is 0 Å². The number of hydrogen-bond acceptors (Lipinski definition) is 2. The summed E-state index contributed by atoms with van der Waals surface area (Å²) in [7, 11) is 0. The lowest BCUT2D eigenvalue weighted by Gasteiger charge is -2.30. The maximum atomic E-state index is 12.6. The van der Waals surface area contributed by atoms with Crippen LogP contribution >= 0.6 is 0 Å². The van der Waals surface area contributed by atoms with Crippen molar-refractivity contribution in [2.24, 2.45) is 5.41 Å². The van der Waals surface area contributed by atoms with E-state index in [4.69, 9.17) is 0 Å².